The summed E-state index contributed by atoms with van der Waals surface area (Å²) in [7, 11) is -2.03. The molecule has 1 aliphatic carbocycles. The van der Waals surface area contributed by atoms with Crippen LogP contribution in [0.5, 0.6) is 5.75 Å². The zero-order valence-corrected chi connectivity index (χ0v) is 22.3. The molecular formula is C25H33N3O6S2. The summed E-state index contributed by atoms with van der Waals surface area (Å²) < 4.78 is 37.7. The maximum absolute atomic E-state index is 12.9. The second-order valence-electron chi connectivity index (χ2n) is 8.99. The molecule has 36 heavy (non-hydrogen) atoms. The van der Waals surface area contributed by atoms with Gasteiger partial charge in [0.05, 0.1) is 24.2 Å². The number of urea groups is 1. The zero-order chi connectivity index (χ0) is 25.7. The topological polar surface area (TPSA) is 114 Å². The second kappa shape index (κ2) is 11.6. The van der Waals surface area contributed by atoms with E-state index in [0.717, 1.165) is 36.1 Å². The number of ether oxygens (including phenoxy) is 2. The van der Waals surface area contributed by atoms with E-state index in [9.17, 15) is 18.0 Å². The van der Waals surface area contributed by atoms with Crippen molar-refractivity contribution in [2.45, 2.75) is 50.3 Å². The first-order valence-corrected chi connectivity index (χ1v) is 14.6. The number of fused-ring (bicyclic) bond motifs is 1. The van der Waals surface area contributed by atoms with Crippen molar-refractivity contribution in [1.29, 1.82) is 0 Å². The molecule has 1 aliphatic heterocycles. The lowest BCUT2D eigenvalue weighted by atomic mass is 9.95. The van der Waals surface area contributed by atoms with E-state index in [2.05, 4.69) is 10.6 Å². The summed E-state index contributed by atoms with van der Waals surface area (Å²) in [4.78, 5) is 26.7. The molecule has 4 rings (SSSR count). The Hall–Kier alpha value is -2.63. The molecule has 2 amide bonds. The largest absolute Gasteiger partial charge is 0.497 e. The van der Waals surface area contributed by atoms with Crippen molar-refractivity contribution in [3.8, 4) is 5.75 Å². The van der Waals surface area contributed by atoms with Crippen LogP contribution in [0.4, 0.5) is 9.80 Å². The standard InChI is InChI=1S/C25H33N3O6S2/c1-3-34-24(29)22-20-6-4-5-7-21(20)35-23(22)27-25(30)26-16-17-12-14-28(15-13-17)36(31,32)19-10-8-18(33-2)9-11-19/h8-11,17H,3-7,12-16H2,1-2H3,(H2,26,27,30). The quantitative estimate of drug-likeness (QED) is 0.494. The first-order valence-electron chi connectivity index (χ1n) is 12.3. The molecule has 1 aromatic heterocycles. The fourth-order valence-electron chi connectivity index (χ4n) is 4.71. The maximum Gasteiger partial charge on any atom is 0.341 e. The van der Waals surface area contributed by atoms with E-state index < -0.39 is 16.0 Å². The third kappa shape index (κ3) is 5.84. The average molecular weight is 536 g/mol. The highest BCUT2D eigenvalue weighted by Gasteiger charge is 2.30. The van der Waals surface area contributed by atoms with Crippen LogP contribution in [0.3, 0.4) is 0 Å². The molecule has 11 heteroatoms. The van der Waals surface area contributed by atoms with Crippen molar-refractivity contribution >= 4 is 38.4 Å². The normalized spacial score (nSPS) is 16.7. The van der Waals surface area contributed by atoms with Crippen molar-refractivity contribution in [2.75, 3.05) is 38.7 Å². The molecule has 0 spiro atoms. The fraction of sp³-hybridized carbons (Fsp3) is 0.520. The number of methoxy groups -OCH3 is 1. The first-order chi connectivity index (χ1) is 17.3. The zero-order valence-electron chi connectivity index (χ0n) is 20.7. The molecule has 0 bridgehead atoms. The van der Waals surface area contributed by atoms with E-state index in [0.29, 0.717) is 48.8 Å². The number of rotatable bonds is 8. The molecule has 2 aromatic rings. The minimum absolute atomic E-state index is 0.166. The Balaban J connectivity index is 1.31. The van der Waals surface area contributed by atoms with Crippen molar-refractivity contribution < 1.29 is 27.5 Å². The minimum atomic E-state index is -3.57. The monoisotopic (exact) mass is 535 g/mol. The fourth-order valence-corrected chi connectivity index (χ4v) is 7.45. The van der Waals surface area contributed by atoms with Gasteiger partial charge in [0, 0.05) is 24.5 Å². The van der Waals surface area contributed by atoms with Crippen molar-refractivity contribution in [3.63, 3.8) is 0 Å². The molecule has 0 unspecified atom stereocenters. The molecule has 196 valence electrons. The van der Waals surface area contributed by atoms with Gasteiger partial charge in [-0.3, -0.25) is 5.32 Å². The van der Waals surface area contributed by atoms with Crippen molar-refractivity contribution in [1.82, 2.24) is 9.62 Å². The van der Waals surface area contributed by atoms with Crippen LogP contribution in [0.25, 0.3) is 0 Å². The Labute approximate surface area is 216 Å². The van der Waals surface area contributed by atoms with E-state index in [-0.39, 0.29) is 23.5 Å². The molecular weight excluding hydrogens is 502 g/mol. The maximum atomic E-state index is 12.9. The summed E-state index contributed by atoms with van der Waals surface area (Å²) in [5.41, 5.74) is 1.49. The van der Waals surface area contributed by atoms with Crippen LogP contribution in [0.1, 0.15) is 53.4 Å². The average Bonchev–Trinajstić information content (AvgIpc) is 3.25. The molecule has 2 aliphatic rings. The van der Waals surface area contributed by atoms with Crippen LogP contribution >= 0.6 is 11.3 Å². The van der Waals surface area contributed by atoms with Gasteiger partial charge in [0.25, 0.3) is 0 Å². The molecule has 0 atom stereocenters. The van der Waals surface area contributed by atoms with Gasteiger partial charge in [0.2, 0.25) is 10.0 Å². The van der Waals surface area contributed by atoms with E-state index in [4.69, 9.17) is 9.47 Å². The number of nitrogens with zero attached hydrogens (tertiary/aromatic N) is 1. The van der Waals surface area contributed by atoms with E-state index in [1.807, 2.05) is 0 Å². The number of carbonyl (C=O) groups is 2. The summed E-state index contributed by atoms with van der Waals surface area (Å²) in [6, 6.07) is 6.02. The van der Waals surface area contributed by atoms with Crippen molar-refractivity contribution in [2.24, 2.45) is 5.92 Å². The summed E-state index contributed by atoms with van der Waals surface area (Å²) in [5, 5.41) is 6.30. The number of nitrogens with one attached hydrogen (secondary N) is 2. The van der Waals surface area contributed by atoms with Gasteiger partial charge in [-0.2, -0.15) is 4.31 Å². The van der Waals surface area contributed by atoms with Crippen molar-refractivity contribution in [3.05, 3.63) is 40.3 Å². The summed E-state index contributed by atoms with van der Waals surface area (Å²) in [5.74, 6) is 0.380. The number of hydrogen-bond donors (Lipinski definition) is 2. The number of benzene rings is 1. The van der Waals surface area contributed by atoms with Gasteiger partial charge in [0.1, 0.15) is 10.8 Å². The number of hydrogen-bond acceptors (Lipinski definition) is 7. The Bertz CT molecular complexity index is 1190. The summed E-state index contributed by atoms with van der Waals surface area (Å²) >= 11 is 1.46. The van der Waals surface area contributed by atoms with Gasteiger partial charge in [-0.1, -0.05) is 0 Å². The predicted octanol–water partition coefficient (Wildman–Crippen LogP) is 4.03. The molecule has 1 aromatic carbocycles. The van der Waals surface area contributed by atoms with Crippen LogP contribution < -0.4 is 15.4 Å². The minimum Gasteiger partial charge on any atom is -0.497 e. The first kappa shape index (κ1) is 26.4. The molecule has 1 fully saturated rings. The smallest absolute Gasteiger partial charge is 0.341 e. The van der Waals surface area contributed by atoms with E-state index in [1.54, 1.807) is 31.2 Å². The van der Waals surface area contributed by atoms with Crippen LogP contribution in [-0.2, 0) is 27.6 Å². The number of piperidine rings is 1. The lowest BCUT2D eigenvalue weighted by Crippen LogP contribution is -2.42. The number of carbonyl (C=O) groups excluding carboxylic acids is 2. The molecule has 0 saturated carbocycles. The Morgan fingerprint density at radius 2 is 1.81 bits per heavy atom. The number of amides is 2. The molecule has 1 saturated heterocycles. The number of anilines is 1. The molecule has 2 heterocycles. The SMILES string of the molecule is CCOC(=O)c1c(NC(=O)NCC2CCN(S(=O)(=O)c3ccc(OC)cc3)CC2)sc2c1CCCC2. The lowest BCUT2D eigenvalue weighted by molar-refractivity contribution is 0.0526. The van der Waals surface area contributed by atoms with Gasteiger partial charge >= 0.3 is 12.0 Å². The summed E-state index contributed by atoms with van der Waals surface area (Å²) in [6.45, 7) is 3.27. The second-order valence-corrected chi connectivity index (χ2v) is 12.0. The summed E-state index contributed by atoms with van der Waals surface area (Å²) in [6.07, 6.45) is 5.13. The number of esters is 1. The van der Waals surface area contributed by atoms with E-state index >= 15 is 0 Å². The highest BCUT2D eigenvalue weighted by atomic mass is 32.2. The third-order valence-corrected chi connectivity index (χ3v) is 9.82. The van der Waals surface area contributed by atoms with Crippen LogP contribution in [0.2, 0.25) is 0 Å². The third-order valence-electron chi connectivity index (χ3n) is 6.70. The van der Waals surface area contributed by atoms with Gasteiger partial charge in [0.15, 0.2) is 0 Å². The van der Waals surface area contributed by atoms with Crippen LogP contribution in [0, 0.1) is 5.92 Å². The van der Waals surface area contributed by atoms with E-state index in [1.165, 1.54) is 22.8 Å². The van der Waals surface area contributed by atoms with Crippen LogP contribution in [-0.4, -0.2) is 58.1 Å². The molecule has 0 radical (unpaired) electrons. The Kier molecular flexibility index (Phi) is 8.53. The highest BCUT2D eigenvalue weighted by Crippen LogP contribution is 2.38. The van der Waals surface area contributed by atoms with Crippen LogP contribution in [0.15, 0.2) is 29.2 Å². The van der Waals surface area contributed by atoms with Gasteiger partial charge in [-0.25, -0.2) is 18.0 Å². The van der Waals surface area contributed by atoms with Gasteiger partial charge in [-0.05, 0) is 81.2 Å². The lowest BCUT2D eigenvalue weighted by Gasteiger charge is -2.31. The Morgan fingerprint density at radius 3 is 2.47 bits per heavy atom. The Morgan fingerprint density at radius 1 is 1.11 bits per heavy atom. The number of aryl methyl sites for hydroxylation is 1. The molecule has 2 N–H and O–H groups in total. The number of sulfonamides is 1. The number of thiophene rings is 1. The highest BCUT2D eigenvalue weighted by molar-refractivity contribution is 7.89. The predicted molar refractivity (Wildman–Crippen MR) is 138 cm³/mol. The van der Waals surface area contributed by atoms with Gasteiger partial charge in [-0.15, -0.1) is 11.3 Å². The van der Waals surface area contributed by atoms with Gasteiger partial charge < -0.3 is 14.8 Å². The molecule has 9 nitrogen and oxygen atoms in total.